The van der Waals surface area contributed by atoms with Crippen molar-refractivity contribution < 1.29 is 13.2 Å². The average molecular weight is 458 g/mol. The number of nitrogens with zero attached hydrogens (tertiary/aromatic N) is 2. The Balaban J connectivity index is 1.05. The van der Waals surface area contributed by atoms with Gasteiger partial charge in [0.1, 0.15) is 5.84 Å². The normalized spacial score (nSPS) is 32.7. The molecule has 6 rings (SSSR count). The molecule has 32 heavy (non-hydrogen) atoms. The molecule has 7 heteroatoms. The number of aliphatic imine (C=N–C) groups is 1. The molecule has 0 unspecified atom stereocenters. The highest BCUT2D eigenvalue weighted by molar-refractivity contribution is 7.90. The largest absolute Gasteiger partial charge is 0.345 e. The van der Waals surface area contributed by atoms with E-state index >= 15 is 0 Å². The maximum atomic E-state index is 12.7. The second kappa shape index (κ2) is 8.47. The zero-order valence-corrected chi connectivity index (χ0v) is 19.9. The molecule has 0 aromatic heterocycles. The van der Waals surface area contributed by atoms with Crippen molar-refractivity contribution in [2.75, 3.05) is 20.1 Å². The van der Waals surface area contributed by atoms with Gasteiger partial charge in [-0.1, -0.05) is 18.6 Å². The third-order valence-corrected chi connectivity index (χ3v) is 9.54. The van der Waals surface area contributed by atoms with Gasteiger partial charge in [0.25, 0.3) is 10.0 Å². The molecule has 4 bridgehead atoms. The van der Waals surface area contributed by atoms with E-state index in [1.807, 2.05) is 18.0 Å². The van der Waals surface area contributed by atoms with E-state index in [0.717, 1.165) is 43.6 Å². The highest BCUT2D eigenvalue weighted by atomic mass is 32.2. The molecule has 0 radical (unpaired) electrons. The van der Waals surface area contributed by atoms with Crippen molar-refractivity contribution in [3.63, 3.8) is 0 Å². The third-order valence-electron chi connectivity index (χ3n) is 8.14. The van der Waals surface area contributed by atoms with Gasteiger partial charge in [0.05, 0.1) is 4.90 Å². The zero-order valence-electron chi connectivity index (χ0n) is 19.1. The summed E-state index contributed by atoms with van der Waals surface area (Å²) >= 11 is 0. The molecule has 174 valence electrons. The Morgan fingerprint density at radius 3 is 2.41 bits per heavy atom. The van der Waals surface area contributed by atoms with E-state index in [1.54, 1.807) is 18.2 Å². The number of hydrogen-bond donors (Lipinski definition) is 1. The van der Waals surface area contributed by atoms with Crippen molar-refractivity contribution in [3.05, 3.63) is 29.8 Å². The van der Waals surface area contributed by atoms with Gasteiger partial charge in [-0.05, 0) is 86.7 Å². The molecule has 0 saturated heterocycles. The molecule has 1 aliphatic heterocycles. The molecule has 1 heterocycles. The first-order valence-corrected chi connectivity index (χ1v) is 13.7. The lowest BCUT2D eigenvalue weighted by atomic mass is 9.49. The van der Waals surface area contributed by atoms with E-state index in [2.05, 4.69) is 9.71 Å². The van der Waals surface area contributed by atoms with Crippen molar-refractivity contribution in [2.24, 2.45) is 28.2 Å². The van der Waals surface area contributed by atoms with Crippen molar-refractivity contribution >= 4 is 21.8 Å². The number of unbranched alkanes of at least 4 members (excludes halogenated alkanes) is 2. The summed E-state index contributed by atoms with van der Waals surface area (Å²) in [6, 6.07) is 6.93. The van der Waals surface area contributed by atoms with Crippen molar-refractivity contribution in [3.8, 4) is 0 Å². The lowest BCUT2D eigenvalue weighted by molar-refractivity contribution is -0.135. The van der Waals surface area contributed by atoms with Crippen LogP contribution in [-0.2, 0) is 14.8 Å². The number of amidine groups is 1. The van der Waals surface area contributed by atoms with Gasteiger partial charge in [-0.15, -0.1) is 0 Å². The number of sulfonamides is 1. The Morgan fingerprint density at radius 1 is 1.06 bits per heavy atom. The minimum Gasteiger partial charge on any atom is -0.345 e. The van der Waals surface area contributed by atoms with Crippen LogP contribution in [0.25, 0.3) is 0 Å². The number of carbonyl (C=O) groups excluding carboxylic acids is 1. The lowest BCUT2D eigenvalue weighted by Gasteiger charge is -2.57. The third kappa shape index (κ3) is 4.33. The second-order valence-corrected chi connectivity index (χ2v) is 12.5. The molecule has 0 atom stereocenters. The summed E-state index contributed by atoms with van der Waals surface area (Å²) in [6.45, 7) is 1.51. The van der Waals surface area contributed by atoms with Gasteiger partial charge in [-0.25, -0.2) is 8.42 Å². The first kappa shape index (κ1) is 21.9. The maximum Gasteiger partial charge on any atom is 0.263 e. The molecule has 5 aliphatic rings. The van der Waals surface area contributed by atoms with Gasteiger partial charge < -0.3 is 4.90 Å². The van der Waals surface area contributed by atoms with Gasteiger partial charge in [-0.2, -0.15) is 0 Å². The molecule has 1 amide bonds. The quantitative estimate of drug-likeness (QED) is 0.600. The maximum absolute atomic E-state index is 12.7. The van der Waals surface area contributed by atoms with E-state index < -0.39 is 10.0 Å². The number of hydrogen-bond acceptors (Lipinski definition) is 4. The SMILES string of the molecule is CN(CC12CC3CC(CC(C3)C1)C2)C(=O)CCCCCN=C1NS(=O)(=O)c2ccccc21. The van der Waals surface area contributed by atoms with Crippen molar-refractivity contribution in [2.45, 2.75) is 69.1 Å². The monoisotopic (exact) mass is 457 g/mol. The van der Waals surface area contributed by atoms with Gasteiger partial charge >= 0.3 is 0 Å². The van der Waals surface area contributed by atoms with Crippen LogP contribution >= 0.6 is 0 Å². The fourth-order valence-corrected chi connectivity index (χ4v) is 8.52. The minimum absolute atomic E-state index is 0.268. The number of benzene rings is 1. The molecule has 1 N–H and O–H groups in total. The fraction of sp³-hybridized carbons (Fsp3) is 0.680. The summed E-state index contributed by atoms with van der Waals surface area (Å²) in [5.74, 6) is 3.46. The topological polar surface area (TPSA) is 78.8 Å². The summed E-state index contributed by atoms with van der Waals surface area (Å²) in [7, 11) is -1.48. The van der Waals surface area contributed by atoms with Crippen LogP contribution in [0.3, 0.4) is 0 Å². The molecule has 6 nitrogen and oxygen atoms in total. The number of fused-ring (bicyclic) bond motifs is 1. The first-order valence-electron chi connectivity index (χ1n) is 12.2. The highest BCUT2D eigenvalue weighted by Crippen LogP contribution is 2.60. The number of nitrogens with one attached hydrogen (secondary N) is 1. The predicted molar refractivity (Wildman–Crippen MR) is 125 cm³/mol. The van der Waals surface area contributed by atoms with E-state index in [0.29, 0.717) is 34.7 Å². The Hall–Kier alpha value is -1.89. The smallest absolute Gasteiger partial charge is 0.263 e. The van der Waals surface area contributed by atoms with Crippen LogP contribution in [0.5, 0.6) is 0 Å². The van der Waals surface area contributed by atoms with Gasteiger partial charge in [0.15, 0.2) is 0 Å². The molecule has 1 aromatic rings. The zero-order chi connectivity index (χ0) is 22.3. The number of carbonyl (C=O) groups is 1. The van der Waals surface area contributed by atoms with Gasteiger partial charge in [-0.3, -0.25) is 14.5 Å². The van der Waals surface area contributed by atoms with E-state index in [9.17, 15) is 13.2 Å². The lowest BCUT2D eigenvalue weighted by Crippen LogP contribution is -2.51. The predicted octanol–water partition coefficient (Wildman–Crippen LogP) is 3.96. The average Bonchev–Trinajstić information content (AvgIpc) is 2.99. The standard InChI is InChI=1S/C25H35N3O3S/c1-28(17-25-14-18-11-19(15-25)13-20(12-18)16-25)23(29)9-3-2-6-10-26-24-21-7-4-5-8-22(21)32(30,31)27-24/h4-5,7-8,18-20H,2-3,6,9-17H2,1H3,(H,26,27). The van der Waals surface area contributed by atoms with Crippen LogP contribution in [0.2, 0.25) is 0 Å². The highest BCUT2D eigenvalue weighted by Gasteiger charge is 2.51. The minimum atomic E-state index is -3.47. The summed E-state index contributed by atoms with van der Waals surface area (Å²) < 4.78 is 26.8. The van der Waals surface area contributed by atoms with Crippen LogP contribution < -0.4 is 4.72 Å². The van der Waals surface area contributed by atoms with Gasteiger partial charge in [0.2, 0.25) is 5.91 Å². The second-order valence-electron chi connectivity index (χ2n) is 10.8. The molecule has 0 spiro atoms. The van der Waals surface area contributed by atoms with Gasteiger partial charge in [0, 0.05) is 32.1 Å². The van der Waals surface area contributed by atoms with Crippen LogP contribution in [-0.4, -0.2) is 45.2 Å². The van der Waals surface area contributed by atoms with E-state index in [1.165, 1.54) is 38.5 Å². The summed E-state index contributed by atoms with van der Waals surface area (Å²) in [6.07, 6.45) is 11.5. The molecular weight excluding hydrogens is 422 g/mol. The number of rotatable bonds is 8. The Morgan fingerprint density at radius 2 is 1.72 bits per heavy atom. The fourth-order valence-electron chi connectivity index (χ4n) is 7.27. The summed E-state index contributed by atoms with van der Waals surface area (Å²) in [5, 5.41) is 0. The number of amides is 1. The van der Waals surface area contributed by atoms with Crippen LogP contribution in [0, 0.1) is 23.2 Å². The van der Waals surface area contributed by atoms with Crippen LogP contribution in [0.15, 0.2) is 34.2 Å². The van der Waals surface area contributed by atoms with Crippen LogP contribution in [0.1, 0.15) is 69.8 Å². The van der Waals surface area contributed by atoms with Crippen molar-refractivity contribution in [1.82, 2.24) is 9.62 Å². The Bertz CT molecular complexity index is 982. The van der Waals surface area contributed by atoms with E-state index in [-0.39, 0.29) is 5.91 Å². The molecule has 4 saturated carbocycles. The molecular formula is C25H35N3O3S. The Labute approximate surface area is 191 Å². The summed E-state index contributed by atoms with van der Waals surface area (Å²) in [4.78, 5) is 19.5. The van der Waals surface area contributed by atoms with Crippen molar-refractivity contribution in [1.29, 1.82) is 0 Å². The van der Waals surface area contributed by atoms with E-state index in [4.69, 9.17) is 0 Å². The van der Waals surface area contributed by atoms with Crippen LogP contribution in [0.4, 0.5) is 0 Å². The molecule has 4 fully saturated rings. The summed E-state index contributed by atoms with van der Waals surface area (Å²) in [5.41, 5.74) is 1.05. The Kier molecular flexibility index (Phi) is 5.81. The first-order chi connectivity index (χ1) is 15.3. The molecule has 4 aliphatic carbocycles. The molecule has 1 aromatic carbocycles.